The summed E-state index contributed by atoms with van der Waals surface area (Å²) in [4.78, 5) is 17.5. The van der Waals surface area contributed by atoms with Gasteiger partial charge in [0.15, 0.2) is 0 Å². The number of hydrogen-bond acceptors (Lipinski definition) is 4. The van der Waals surface area contributed by atoms with Crippen molar-refractivity contribution in [1.82, 2.24) is 15.1 Å². The van der Waals surface area contributed by atoms with Crippen molar-refractivity contribution < 1.29 is 9.21 Å². The maximum Gasteiger partial charge on any atom is 0.247 e. The molecule has 5 nitrogen and oxygen atoms in total. The van der Waals surface area contributed by atoms with E-state index in [-0.39, 0.29) is 11.9 Å². The number of carbonyl (C=O) groups is 1. The standard InChI is InChI=1S/C17H27N3O2/c1-14-13-18-8-11-20(14)16(15-7-6-12-22-15)17(21)19-9-4-2-3-5-10-19/h6-7,12,14,16,18H,2-5,8-11,13H2,1H3. The fourth-order valence-electron chi connectivity index (χ4n) is 3.58. The molecule has 1 aromatic heterocycles. The molecule has 2 atom stereocenters. The van der Waals surface area contributed by atoms with Crippen molar-refractivity contribution in [3.05, 3.63) is 24.2 Å². The van der Waals surface area contributed by atoms with Gasteiger partial charge in [-0.15, -0.1) is 0 Å². The average Bonchev–Trinajstić information content (AvgIpc) is 2.90. The number of nitrogens with one attached hydrogen (secondary N) is 1. The molecule has 1 N–H and O–H groups in total. The Bertz CT molecular complexity index is 466. The average molecular weight is 305 g/mol. The molecule has 1 amide bonds. The minimum Gasteiger partial charge on any atom is -0.467 e. The Hall–Kier alpha value is -1.33. The minimum atomic E-state index is -0.273. The van der Waals surface area contributed by atoms with E-state index in [2.05, 4.69) is 22.0 Å². The Morgan fingerprint density at radius 3 is 2.68 bits per heavy atom. The zero-order valence-corrected chi connectivity index (χ0v) is 13.5. The van der Waals surface area contributed by atoms with Gasteiger partial charge in [-0.3, -0.25) is 9.69 Å². The lowest BCUT2D eigenvalue weighted by Crippen LogP contribution is -2.54. The van der Waals surface area contributed by atoms with E-state index in [0.29, 0.717) is 6.04 Å². The van der Waals surface area contributed by atoms with Gasteiger partial charge in [-0.25, -0.2) is 0 Å². The van der Waals surface area contributed by atoms with Crippen LogP contribution in [0.3, 0.4) is 0 Å². The summed E-state index contributed by atoms with van der Waals surface area (Å²) in [5.74, 6) is 0.994. The smallest absolute Gasteiger partial charge is 0.247 e. The van der Waals surface area contributed by atoms with Gasteiger partial charge in [0, 0.05) is 38.8 Å². The quantitative estimate of drug-likeness (QED) is 0.928. The fraction of sp³-hybridized carbons (Fsp3) is 0.706. The SMILES string of the molecule is CC1CNCCN1C(C(=O)N1CCCCCC1)c1ccco1. The number of likely N-dealkylation sites (tertiary alicyclic amines) is 1. The number of rotatable bonds is 3. The Labute approximate surface area is 132 Å². The highest BCUT2D eigenvalue weighted by Gasteiger charge is 2.36. The van der Waals surface area contributed by atoms with Crippen molar-refractivity contribution in [2.75, 3.05) is 32.7 Å². The summed E-state index contributed by atoms with van der Waals surface area (Å²) >= 11 is 0. The first kappa shape index (κ1) is 15.6. The second-order valence-electron chi connectivity index (χ2n) is 6.45. The summed E-state index contributed by atoms with van der Waals surface area (Å²) in [6.07, 6.45) is 6.38. The molecule has 0 spiro atoms. The van der Waals surface area contributed by atoms with E-state index in [9.17, 15) is 4.79 Å². The maximum atomic E-state index is 13.2. The number of amides is 1. The summed E-state index contributed by atoms with van der Waals surface area (Å²) in [7, 11) is 0. The largest absolute Gasteiger partial charge is 0.467 e. The molecule has 0 aliphatic carbocycles. The summed E-state index contributed by atoms with van der Waals surface area (Å²) < 4.78 is 5.63. The van der Waals surface area contributed by atoms with E-state index >= 15 is 0 Å². The first-order valence-electron chi connectivity index (χ1n) is 8.56. The third-order valence-electron chi connectivity index (χ3n) is 4.85. The van der Waals surface area contributed by atoms with Gasteiger partial charge >= 0.3 is 0 Å². The van der Waals surface area contributed by atoms with Crippen molar-refractivity contribution in [3.63, 3.8) is 0 Å². The highest BCUT2D eigenvalue weighted by Crippen LogP contribution is 2.27. The third kappa shape index (κ3) is 3.36. The lowest BCUT2D eigenvalue weighted by molar-refractivity contribution is -0.139. The molecular formula is C17H27N3O2. The van der Waals surface area contributed by atoms with Crippen molar-refractivity contribution >= 4 is 5.91 Å². The predicted octanol–water partition coefficient (Wildman–Crippen LogP) is 2.02. The molecule has 1 aromatic rings. The molecule has 122 valence electrons. The van der Waals surface area contributed by atoms with Gasteiger partial charge in [0.1, 0.15) is 11.8 Å². The second kappa shape index (κ2) is 7.29. The molecule has 0 bridgehead atoms. The van der Waals surface area contributed by atoms with Crippen LogP contribution in [0.4, 0.5) is 0 Å². The zero-order valence-electron chi connectivity index (χ0n) is 13.5. The molecule has 2 unspecified atom stereocenters. The highest BCUT2D eigenvalue weighted by atomic mass is 16.3. The summed E-state index contributed by atoms with van der Waals surface area (Å²) in [5.41, 5.74) is 0. The zero-order chi connectivity index (χ0) is 15.4. The van der Waals surface area contributed by atoms with Crippen molar-refractivity contribution in [3.8, 4) is 0 Å². The van der Waals surface area contributed by atoms with Crippen LogP contribution in [0.25, 0.3) is 0 Å². The highest BCUT2D eigenvalue weighted by molar-refractivity contribution is 5.82. The Kier molecular flexibility index (Phi) is 5.16. The van der Waals surface area contributed by atoms with Gasteiger partial charge in [-0.05, 0) is 31.9 Å². The van der Waals surface area contributed by atoms with E-state index in [4.69, 9.17) is 4.42 Å². The molecule has 3 rings (SSSR count). The predicted molar refractivity (Wildman–Crippen MR) is 85.5 cm³/mol. The molecule has 2 aliphatic rings. The Morgan fingerprint density at radius 1 is 1.27 bits per heavy atom. The van der Waals surface area contributed by atoms with Crippen LogP contribution in [0.5, 0.6) is 0 Å². The first-order chi connectivity index (χ1) is 10.8. The van der Waals surface area contributed by atoms with Gasteiger partial charge in [0.25, 0.3) is 0 Å². The molecule has 3 heterocycles. The number of piperazine rings is 1. The van der Waals surface area contributed by atoms with E-state index in [1.165, 1.54) is 12.8 Å². The van der Waals surface area contributed by atoms with Crippen LogP contribution in [-0.2, 0) is 4.79 Å². The van der Waals surface area contributed by atoms with Crippen LogP contribution in [0, 0.1) is 0 Å². The first-order valence-corrected chi connectivity index (χ1v) is 8.56. The molecule has 5 heteroatoms. The monoisotopic (exact) mass is 305 g/mol. The van der Waals surface area contributed by atoms with Crippen LogP contribution in [-0.4, -0.2) is 54.5 Å². The number of hydrogen-bond donors (Lipinski definition) is 1. The normalized spacial score (nSPS) is 25.7. The molecule has 22 heavy (non-hydrogen) atoms. The lowest BCUT2D eigenvalue weighted by atomic mass is 10.1. The summed E-state index contributed by atoms with van der Waals surface area (Å²) in [6, 6.07) is 3.88. The van der Waals surface area contributed by atoms with E-state index in [1.54, 1.807) is 6.26 Å². The minimum absolute atomic E-state index is 0.214. The lowest BCUT2D eigenvalue weighted by Gasteiger charge is -2.40. The second-order valence-corrected chi connectivity index (χ2v) is 6.45. The fourth-order valence-corrected chi connectivity index (χ4v) is 3.58. The summed E-state index contributed by atoms with van der Waals surface area (Å²) in [5, 5.41) is 3.40. The van der Waals surface area contributed by atoms with E-state index < -0.39 is 0 Å². The van der Waals surface area contributed by atoms with Crippen LogP contribution < -0.4 is 5.32 Å². The number of furan rings is 1. The molecule has 2 aliphatic heterocycles. The topological polar surface area (TPSA) is 48.7 Å². The van der Waals surface area contributed by atoms with Crippen LogP contribution >= 0.6 is 0 Å². The van der Waals surface area contributed by atoms with Gasteiger partial charge in [0.2, 0.25) is 5.91 Å². The Morgan fingerprint density at radius 2 is 2.05 bits per heavy atom. The van der Waals surface area contributed by atoms with Gasteiger partial charge in [-0.1, -0.05) is 12.8 Å². The third-order valence-corrected chi connectivity index (χ3v) is 4.85. The van der Waals surface area contributed by atoms with Crippen molar-refractivity contribution in [2.45, 2.75) is 44.7 Å². The van der Waals surface area contributed by atoms with Crippen LogP contribution in [0.1, 0.15) is 44.4 Å². The van der Waals surface area contributed by atoms with Crippen LogP contribution in [0.2, 0.25) is 0 Å². The van der Waals surface area contributed by atoms with Gasteiger partial charge < -0.3 is 14.6 Å². The number of nitrogens with zero attached hydrogens (tertiary/aromatic N) is 2. The van der Waals surface area contributed by atoms with E-state index in [1.807, 2.05) is 12.1 Å². The molecule has 2 saturated heterocycles. The summed E-state index contributed by atoms with van der Waals surface area (Å²) in [6.45, 7) is 6.68. The molecule has 0 saturated carbocycles. The van der Waals surface area contributed by atoms with Gasteiger partial charge in [0.05, 0.1) is 6.26 Å². The molecule has 2 fully saturated rings. The van der Waals surface area contributed by atoms with Crippen molar-refractivity contribution in [2.24, 2.45) is 0 Å². The van der Waals surface area contributed by atoms with Gasteiger partial charge in [-0.2, -0.15) is 0 Å². The molecule has 0 radical (unpaired) electrons. The number of carbonyl (C=O) groups excluding carboxylic acids is 1. The van der Waals surface area contributed by atoms with Crippen molar-refractivity contribution in [1.29, 1.82) is 0 Å². The molecule has 0 aromatic carbocycles. The van der Waals surface area contributed by atoms with Crippen LogP contribution in [0.15, 0.2) is 22.8 Å². The molecular weight excluding hydrogens is 278 g/mol. The Balaban J connectivity index is 1.82. The van der Waals surface area contributed by atoms with E-state index in [0.717, 1.165) is 51.3 Å². The maximum absolute atomic E-state index is 13.2.